The normalized spacial score (nSPS) is 35.9. The van der Waals surface area contributed by atoms with Crippen LogP contribution in [0.25, 0.3) is 0 Å². The molecule has 0 bridgehead atoms. The third-order valence-corrected chi connectivity index (χ3v) is 4.16. The molecule has 0 aromatic rings. The van der Waals surface area contributed by atoms with Gasteiger partial charge in [-0.1, -0.05) is 0 Å². The van der Waals surface area contributed by atoms with Gasteiger partial charge >= 0.3 is 0 Å². The van der Waals surface area contributed by atoms with E-state index in [1.165, 1.54) is 0 Å². The van der Waals surface area contributed by atoms with Gasteiger partial charge in [0.15, 0.2) is 5.79 Å². The predicted octanol–water partition coefficient (Wildman–Crippen LogP) is 1.69. The van der Waals surface area contributed by atoms with Gasteiger partial charge < -0.3 is 14.2 Å². The molecular weight excluding hydrogens is 296 g/mol. The minimum atomic E-state index is -3.53. The van der Waals surface area contributed by atoms with Crippen molar-refractivity contribution in [3.63, 3.8) is 0 Å². The van der Waals surface area contributed by atoms with E-state index in [4.69, 9.17) is 18.4 Å². The van der Waals surface area contributed by atoms with Crippen LogP contribution in [0.1, 0.15) is 41.0 Å². The molecule has 0 unspecified atom stereocenters. The number of hydrogen-bond acceptors (Lipinski definition) is 6. The summed E-state index contributed by atoms with van der Waals surface area (Å²) in [5.41, 5.74) is -0.250. The van der Waals surface area contributed by atoms with E-state index in [1.54, 1.807) is 0 Å². The molecule has 1 aliphatic heterocycles. The van der Waals surface area contributed by atoms with Crippen LogP contribution in [-0.4, -0.2) is 51.0 Å². The van der Waals surface area contributed by atoms with Gasteiger partial charge in [-0.15, -0.1) is 0 Å². The third kappa shape index (κ3) is 4.63. The monoisotopic (exact) mass is 322 g/mol. The van der Waals surface area contributed by atoms with Gasteiger partial charge in [0.2, 0.25) is 0 Å². The molecule has 2 rings (SSSR count). The quantitative estimate of drug-likeness (QED) is 0.734. The van der Waals surface area contributed by atoms with E-state index in [9.17, 15) is 8.42 Å². The zero-order valence-electron chi connectivity index (χ0n) is 13.6. The minimum Gasteiger partial charge on any atom is -0.375 e. The van der Waals surface area contributed by atoms with E-state index in [2.05, 4.69) is 0 Å². The zero-order chi connectivity index (χ0) is 16.1. The molecule has 0 N–H and O–H groups in total. The molecule has 1 heterocycles. The van der Waals surface area contributed by atoms with Gasteiger partial charge in [0.05, 0.1) is 24.6 Å². The maximum atomic E-state index is 11.4. The highest BCUT2D eigenvalue weighted by atomic mass is 32.2. The summed E-state index contributed by atoms with van der Waals surface area (Å²) in [5.74, 6) is -0.669. The highest BCUT2D eigenvalue weighted by molar-refractivity contribution is 7.86. The van der Waals surface area contributed by atoms with E-state index >= 15 is 0 Å². The first kappa shape index (κ1) is 17.1. The molecule has 4 atom stereocenters. The first-order valence-corrected chi connectivity index (χ1v) is 9.06. The van der Waals surface area contributed by atoms with Gasteiger partial charge in [0.1, 0.15) is 12.2 Å². The Balaban J connectivity index is 2.09. The van der Waals surface area contributed by atoms with Crippen molar-refractivity contribution >= 4 is 10.1 Å². The van der Waals surface area contributed by atoms with Crippen LogP contribution >= 0.6 is 0 Å². The van der Waals surface area contributed by atoms with Crippen LogP contribution in [0.4, 0.5) is 0 Å². The van der Waals surface area contributed by atoms with Crippen molar-refractivity contribution in [1.82, 2.24) is 0 Å². The largest absolute Gasteiger partial charge is 0.375 e. The van der Waals surface area contributed by atoms with Crippen LogP contribution in [0, 0.1) is 5.92 Å². The van der Waals surface area contributed by atoms with Crippen LogP contribution in [-0.2, 0) is 28.5 Å². The van der Waals surface area contributed by atoms with Crippen molar-refractivity contribution in [2.75, 3.05) is 12.9 Å². The Kier molecular flexibility index (Phi) is 4.45. The topological polar surface area (TPSA) is 71.1 Å². The second-order valence-electron chi connectivity index (χ2n) is 7.32. The Morgan fingerprint density at radius 1 is 1.19 bits per heavy atom. The zero-order valence-corrected chi connectivity index (χ0v) is 14.4. The summed E-state index contributed by atoms with van der Waals surface area (Å²) in [6.07, 6.45) is 0.522. The highest BCUT2D eigenvalue weighted by Crippen LogP contribution is 2.43. The van der Waals surface area contributed by atoms with Gasteiger partial charge in [-0.2, -0.15) is 8.42 Å². The van der Waals surface area contributed by atoms with Crippen LogP contribution in [0.15, 0.2) is 0 Å². The van der Waals surface area contributed by atoms with Crippen molar-refractivity contribution in [1.29, 1.82) is 0 Å². The van der Waals surface area contributed by atoms with Gasteiger partial charge in [0.25, 0.3) is 10.1 Å². The lowest BCUT2D eigenvalue weighted by atomic mass is 10.1. The van der Waals surface area contributed by atoms with Crippen molar-refractivity contribution in [2.45, 2.75) is 70.7 Å². The number of rotatable bonds is 4. The van der Waals surface area contributed by atoms with Gasteiger partial charge in [-0.05, 0) is 41.0 Å². The standard InChI is InChI=1S/C14H26O6S/c1-13(2,3)17-8-9-7-10(20-21(6,15)16)12-11(9)18-14(4,5)19-12/h9-12H,7-8H2,1-6H3/t9-,10+,11-,12-/m1/s1. The predicted molar refractivity (Wildman–Crippen MR) is 77.4 cm³/mol. The SMILES string of the molecule is CC(C)(C)OC[C@H]1C[C@H](OS(C)(=O)=O)[C@H]2OC(C)(C)O[C@H]12. The fourth-order valence-corrected chi connectivity index (χ4v) is 3.51. The first-order valence-electron chi connectivity index (χ1n) is 7.24. The average molecular weight is 322 g/mol. The highest BCUT2D eigenvalue weighted by Gasteiger charge is 2.55. The maximum absolute atomic E-state index is 11.4. The molecule has 1 saturated heterocycles. The second-order valence-corrected chi connectivity index (χ2v) is 8.92. The first-order chi connectivity index (χ1) is 9.36. The molecule has 0 radical (unpaired) electrons. The molecule has 21 heavy (non-hydrogen) atoms. The van der Waals surface area contributed by atoms with Crippen LogP contribution in [0.3, 0.4) is 0 Å². The molecule has 1 aliphatic carbocycles. The van der Waals surface area contributed by atoms with Crippen LogP contribution < -0.4 is 0 Å². The summed E-state index contributed by atoms with van der Waals surface area (Å²) < 4.78 is 45.6. The number of hydrogen-bond donors (Lipinski definition) is 0. The summed E-state index contributed by atoms with van der Waals surface area (Å²) >= 11 is 0. The van der Waals surface area contributed by atoms with Gasteiger partial charge in [0, 0.05) is 5.92 Å². The molecule has 0 amide bonds. The van der Waals surface area contributed by atoms with Crippen molar-refractivity contribution < 1.29 is 26.8 Å². The Labute approximate surface area is 127 Å². The summed E-state index contributed by atoms with van der Waals surface area (Å²) in [6, 6.07) is 0. The Hall–Kier alpha value is -0.210. The lowest BCUT2D eigenvalue weighted by Gasteiger charge is -2.26. The summed E-state index contributed by atoms with van der Waals surface area (Å²) in [5, 5.41) is 0. The van der Waals surface area contributed by atoms with Crippen LogP contribution in [0.2, 0.25) is 0 Å². The summed E-state index contributed by atoms with van der Waals surface area (Å²) in [4.78, 5) is 0. The molecule has 6 nitrogen and oxygen atoms in total. The van der Waals surface area contributed by atoms with E-state index in [-0.39, 0.29) is 23.7 Å². The summed E-state index contributed by atoms with van der Waals surface area (Å²) in [7, 11) is -3.53. The van der Waals surface area contributed by atoms with E-state index in [1.807, 2.05) is 34.6 Å². The average Bonchev–Trinajstić information content (AvgIpc) is 2.68. The molecule has 0 aromatic heterocycles. The fourth-order valence-electron chi connectivity index (χ4n) is 2.87. The number of ether oxygens (including phenoxy) is 3. The van der Waals surface area contributed by atoms with E-state index in [0.717, 1.165) is 6.26 Å². The third-order valence-electron chi connectivity index (χ3n) is 3.56. The lowest BCUT2D eigenvalue weighted by Crippen LogP contribution is -2.32. The van der Waals surface area contributed by atoms with Crippen molar-refractivity contribution in [2.24, 2.45) is 5.92 Å². The second kappa shape index (κ2) is 5.45. The number of fused-ring (bicyclic) bond motifs is 1. The Morgan fingerprint density at radius 2 is 1.76 bits per heavy atom. The smallest absolute Gasteiger partial charge is 0.264 e. The van der Waals surface area contributed by atoms with E-state index in [0.29, 0.717) is 13.0 Å². The molecule has 2 aliphatic rings. The molecule has 2 fully saturated rings. The van der Waals surface area contributed by atoms with Crippen LogP contribution in [0.5, 0.6) is 0 Å². The Morgan fingerprint density at radius 3 is 2.29 bits per heavy atom. The van der Waals surface area contributed by atoms with Gasteiger partial charge in [-0.25, -0.2) is 0 Å². The molecule has 0 aromatic carbocycles. The molecule has 0 spiro atoms. The maximum Gasteiger partial charge on any atom is 0.264 e. The van der Waals surface area contributed by atoms with Gasteiger partial charge in [-0.3, -0.25) is 4.18 Å². The Bertz CT molecular complexity index is 478. The minimum absolute atomic E-state index is 0.0581. The lowest BCUT2D eigenvalue weighted by molar-refractivity contribution is -0.168. The summed E-state index contributed by atoms with van der Waals surface area (Å²) in [6.45, 7) is 10.1. The van der Waals surface area contributed by atoms with Crippen molar-refractivity contribution in [3.05, 3.63) is 0 Å². The molecule has 7 heteroatoms. The molecule has 1 saturated carbocycles. The van der Waals surface area contributed by atoms with Crippen molar-refractivity contribution in [3.8, 4) is 0 Å². The molecular formula is C14H26O6S. The molecule has 124 valence electrons. The van der Waals surface area contributed by atoms with E-state index < -0.39 is 22.0 Å². The fraction of sp³-hybridized carbons (Fsp3) is 1.00.